The zero-order valence-corrected chi connectivity index (χ0v) is 8.76. The fourth-order valence-electron chi connectivity index (χ4n) is 1.44. The summed E-state index contributed by atoms with van der Waals surface area (Å²) >= 11 is 0. The van der Waals surface area contributed by atoms with E-state index in [1.54, 1.807) is 4.90 Å². The molecule has 1 amide bonds. The van der Waals surface area contributed by atoms with Gasteiger partial charge in [-0.15, -0.1) is 0 Å². The van der Waals surface area contributed by atoms with Crippen LogP contribution >= 0.6 is 0 Å². The molecule has 1 aliphatic heterocycles. The summed E-state index contributed by atoms with van der Waals surface area (Å²) in [6, 6.07) is 0. The standard InChI is InChI=1S/C9H16F2N2O2/c1-12-8(14)2-3-13-4-5-15-7-9(10,11)6-13/h2-7H2,1H3,(H,12,14). The molecule has 0 atom stereocenters. The Bertz CT molecular complexity index is 224. The lowest BCUT2D eigenvalue weighted by Crippen LogP contribution is -2.39. The highest BCUT2D eigenvalue weighted by Crippen LogP contribution is 2.18. The first kappa shape index (κ1) is 12.3. The van der Waals surface area contributed by atoms with Crippen LogP contribution < -0.4 is 5.32 Å². The second-order valence-electron chi connectivity index (χ2n) is 3.61. The third kappa shape index (κ3) is 4.53. The highest BCUT2D eigenvalue weighted by Gasteiger charge is 2.34. The van der Waals surface area contributed by atoms with Crippen LogP contribution in [0.4, 0.5) is 8.78 Å². The van der Waals surface area contributed by atoms with E-state index in [-0.39, 0.29) is 18.9 Å². The van der Waals surface area contributed by atoms with E-state index in [1.807, 2.05) is 0 Å². The fourth-order valence-corrected chi connectivity index (χ4v) is 1.44. The van der Waals surface area contributed by atoms with Gasteiger partial charge < -0.3 is 10.1 Å². The van der Waals surface area contributed by atoms with Crippen molar-refractivity contribution in [2.45, 2.75) is 12.3 Å². The van der Waals surface area contributed by atoms with Crippen LogP contribution in [-0.4, -0.2) is 56.6 Å². The SMILES string of the molecule is CNC(=O)CCN1CCOCC(F)(F)C1. The molecule has 0 aliphatic carbocycles. The lowest BCUT2D eigenvalue weighted by molar-refractivity contribution is -0.121. The third-order valence-electron chi connectivity index (χ3n) is 2.25. The number of nitrogens with one attached hydrogen (secondary N) is 1. The smallest absolute Gasteiger partial charge is 0.283 e. The monoisotopic (exact) mass is 222 g/mol. The van der Waals surface area contributed by atoms with Gasteiger partial charge in [-0.2, -0.15) is 0 Å². The topological polar surface area (TPSA) is 41.6 Å². The second kappa shape index (κ2) is 5.37. The Morgan fingerprint density at radius 1 is 1.60 bits per heavy atom. The molecule has 15 heavy (non-hydrogen) atoms. The third-order valence-corrected chi connectivity index (χ3v) is 2.25. The van der Waals surface area contributed by atoms with E-state index in [0.717, 1.165) is 0 Å². The van der Waals surface area contributed by atoms with Crippen molar-refractivity contribution in [2.24, 2.45) is 0 Å². The molecule has 0 bridgehead atoms. The van der Waals surface area contributed by atoms with Gasteiger partial charge in [-0.05, 0) is 0 Å². The number of halogens is 2. The summed E-state index contributed by atoms with van der Waals surface area (Å²) in [6.07, 6.45) is 0.243. The zero-order valence-electron chi connectivity index (χ0n) is 8.76. The molecule has 1 fully saturated rings. The van der Waals surface area contributed by atoms with Gasteiger partial charge in [0, 0.05) is 26.6 Å². The Hall–Kier alpha value is -0.750. The van der Waals surface area contributed by atoms with Gasteiger partial charge >= 0.3 is 0 Å². The van der Waals surface area contributed by atoms with E-state index in [2.05, 4.69) is 5.32 Å². The van der Waals surface area contributed by atoms with Crippen LogP contribution in [0.1, 0.15) is 6.42 Å². The van der Waals surface area contributed by atoms with Crippen molar-refractivity contribution < 1.29 is 18.3 Å². The number of hydrogen-bond acceptors (Lipinski definition) is 3. The normalized spacial score (nSPS) is 22.1. The molecule has 4 nitrogen and oxygen atoms in total. The summed E-state index contributed by atoms with van der Waals surface area (Å²) in [4.78, 5) is 12.5. The van der Waals surface area contributed by atoms with Gasteiger partial charge in [-0.25, -0.2) is 8.78 Å². The molecule has 1 rings (SSSR count). The van der Waals surface area contributed by atoms with Crippen molar-refractivity contribution in [1.29, 1.82) is 0 Å². The van der Waals surface area contributed by atoms with Gasteiger partial charge in [0.1, 0.15) is 6.61 Å². The lowest BCUT2D eigenvalue weighted by Gasteiger charge is -2.22. The maximum atomic E-state index is 13.1. The number of amides is 1. The number of carbonyl (C=O) groups is 1. The number of carbonyl (C=O) groups excluding carboxylic acids is 1. The Kier molecular flexibility index (Phi) is 4.41. The molecule has 6 heteroatoms. The van der Waals surface area contributed by atoms with Crippen LogP contribution in [0.3, 0.4) is 0 Å². The number of hydrogen-bond donors (Lipinski definition) is 1. The zero-order chi connectivity index (χ0) is 11.3. The van der Waals surface area contributed by atoms with E-state index in [4.69, 9.17) is 4.74 Å². The predicted molar refractivity (Wildman–Crippen MR) is 50.9 cm³/mol. The molecular weight excluding hydrogens is 206 g/mol. The first-order chi connectivity index (χ1) is 7.03. The Labute approximate surface area is 87.6 Å². The summed E-state index contributed by atoms with van der Waals surface area (Å²) < 4.78 is 30.9. The fraction of sp³-hybridized carbons (Fsp3) is 0.889. The van der Waals surface area contributed by atoms with Gasteiger partial charge in [0.05, 0.1) is 13.2 Å². The number of nitrogens with zero attached hydrogens (tertiary/aromatic N) is 1. The van der Waals surface area contributed by atoms with Crippen LogP contribution in [0.2, 0.25) is 0 Å². The van der Waals surface area contributed by atoms with Crippen molar-refractivity contribution in [2.75, 3.05) is 39.9 Å². The number of alkyl halides is 2. The molecule has 0 radical (unpaired) electrons. The second-order valence-corrected chi connectivity index (χ2v) is 3.61. The van der Waals surface area contributed by atoms with E-state index in [9.17, 15) is 13.6 Å². The van der Waals surface area contributed by atoms with Crippen molar-refractivity contribution in [3.05, 3.63) is 0 Å². The molecule has 88 valence electrons. The van der Waals surface area contributed by atoms with Gasteiger partial charge in [-0.3, -0.25) is 9.69 Å². The molecule has 0 aromatic rings. The molecule has 1 aliphatic rings. The highest BCUT2D eigenvalue weighted by molar-refractivity contribution is 5.75. The van der Waals surface area contributed by atoms with Crippen molar-refractivity contribution >= 4 is 5.91 Å². The molecule has 1 heterocycles. The lowest BCUT2D eigenvalue weighted by atomic mass is 10.3. The Balaban J connectivity index is 2.36. The molecule has 0 saturated carbocycles. The van der Waals surface area contributed by atoms with E-state index < -0.39 is 12.5 Å². The molecular formula is C9H16F2N2O2. The largest absolute Gasteiger partial charge is 0.374 e. The Morgan fingerprint density at radius 2 is 2.33 bits per heavy atom. The predicted octanol–water partition coefficient (Wildman–Crippen LogP) is 0.0900. The summed E-state index contributed by atoms with van der Waals surface area (Å²) in [5, 5.41) is 2.46. The molecule has 0 unspecified atom stereocenters. The summed E-state index contributed by atoms with van der Waals surface area (Å²) in [5.41, 5.74) is 0. The molecule has 0 spiro atoms. The van der Waals surface area contributed by atoms with Crippen LogP contribution in [0, 0.1) is 0 Å². The molecule has 1 saturated heterocycles. The van der Waals surface area contributed by atoms with Gasteiger partial charge in [0.15, 0.2) is 0 Å². The summed E-state index contributed by atoms with van der Waals surface area (Å²) in [7, 11) is 1.53. The quantitative estimate of drug-likeness (QED) is 0.736. The Morgan fingerprint density at radius 3 is 3.00 bits per heavy atom. The van der Waals surface area contributed by atoms with Crippen molar-refractivity contribution in [3.8, 4) is 0 Å². The minimum atomic E-state index is -2.81. The molecule has 0 aromatic carbocycles. The minimum absolute atomic E-state index is 0.136. The van der Waals surface area contributed by atoms with Crippen LogP contribution in [0.15, 0.2) is 0 Å². The van der Waals surface area contributed by atoms with E-state index in [0.29, 0.717) is 19.7 Å². The van der Waals surface area contributed by atoms with Crippen LogP contribution in [0.25, 0.3) is 0 Å². The van der Waals surface area contributed by atoms with Crippen LogP contribution in [0.5, 0.6) is 0 Å². The van der Waals surface area contributed by atoms with Crippen LogP contribution in [-0.2, 0) is 9.53 Å². The average molecular weight is 222 g/mol. The van der Waals surface area contributed by atoms with Gasteiger partial charge in [0.2, 0.25) is 5.91 Å². The molecule has 1 N–H and O–H groups in total. The summed E-state index contributed by atoms with van der Waals surface area (Å²) in [6.45, 7) is 0.238. The first-order valence-electron chi connectivity index (χ1n) is 4.92. The first-order valence-corrected chi connectivity index (χ1v) is 4.92. The van der Waals surface area contributed by atoms with Crippen molar-refractivity contribution in [3.63, 3.8) is 0 Å². The maximum absolute atomic E-state index is 13.1. The van der Waals surface area contributed by atoms with Gasteiger partial charge in [0.25, 0.3) is 5.92 Å². The minimum Gasteiger partial charge on any atom is -0.374 e. The summed E-state index contributed by atoms with van der Waals surface area (Å²) in [5.74, 6) is -2.94. The highest BCUT2D eigenvalue weighted by atomic mass is 19.3. The average Bonchev–Trinajstić information content (AvgIpc) is 2.35. The number of ether oxygens (including phenoxy) is 1. The molecule has 0 aromatic heterocycles. The van der Waals surface area contributed by atoms with E-state index in [1.165, 1.54) is 7.05 Å². The maximum Gasteiger partial charge on any atom is 0.283 e. The van der Waals surface area contributed by atoms with Gasteiger partial charge in [-0.1, -0.05) is 0 Å². The van der Waals surface area contributed by atoms with E-state index >= 15 is 0 Å². The number of rotatable bonds is 3. The van der Waals surface area contributed by atoms with Crippen molar-refractivity contribution in [1.82, 2.24) is 10.2 Å².